The molecule has 0 aliphatic carbocycles. The highest BCUT2D eigenvalue weighted by Crippen LogP contribution is 2.15. The summed E-state index contributed by atoms with van der Waals surface area (Å²) in [5.41, 5.74) is 0.991. The molecule has 2 unspecified atom stereocenters. The summed E-state index contributed by atoms with van der Waals surface area (Å²) in [4.78, 5) is 24.1. The number of likely N-dealkylation sites (tertiary alicyclic amines) is 1. The van der Waals surface area contributed by atoms with Gasteiger partial charge in [0.2, 0.25) is 0 Å². The number of carbonyl (C=O) groups is 2. The molecule has 0 spiro atoms. The van der Waals surface area contributed by atoms with Crippen LogP contribution in [0.25, 0.3) is 0 Å². The second kappa shape index (κ2) is 6.97. The van der Waals surface area contributed by atoms with Crippen molar-refractivity contribution in [3.8, 4) is 0 Å². The number of nitrogens with one attached hydrogen (secondary N) is 1. The maximum atomic E-state index is 11.9. The minimum Gasteiger partial charge on any atom is -0.465 e. The summed E-state index contributed by atoms with van der Waals surface area (Å²) >= 11 is 0. The van der Waals surface area contributed by atoms with Gasteiger partial charge in [-0.05, 0) is 25.3 Å². The van der Waals surface area contributed by atoms with Crippen LogP contribution in [-0.2, 0) is 4.74 Å². The minimum absolute atomic E-state index is 0.155. The lowest BCUT2D eigenvalue weighted by Crippen LogP contribution is -2.44. The molecule has 21 heavy (non-hydrogen) atoms. The number of carboxylic acid groups (broad SMARTS) is 1. The van der Waals surface area contributed by atoms with Gasteiger partial charge in [-0.25, -0.2) is 9.59 Å². The minimum atomic E-state index is -0.971. The average Bonchev–Trinajstić information content (AvgIpc) is 2.48. The van der Waals surface area contributed by atoms with Crippen molar-refractivity contribution in [2.75, 3.05) is 13.1 Å². The van der Waals surface area contributed by atoms with Crippen molar-refractivity contribution in [3.63, 3.8) is 0 Å². The van der Waals surface area contributed by atoms with Crippen LogP contribution in [0.1, 0.15) is 31.4 Å². The third kappa shape index (κ3) is 4.37. The van der Waals surface area contributed by atoms with E-state index in [1.807, 2.05) is 37.3 Å². The fourth-order valence-electron chi connectivity index (χ4n) is 2.40. The van der Waals surface area contributed by atoms with Gasteiger partial charge in [-0.3, -0.25) is 0 Å². The summed E-state index contributed by atoms with van der Waals surface area (Å²) in [7, 11) is 0. The summed E-state index contributed by atoms with van der Waals surface area (Å²) in [6, 6.07) is 9.43. The van der Waals surface area contributed by atoms with E-state index in [4.69, 9.17) is 9.84 Å². The van der Waals surface area contributed by atoms with E-state index in [-0.39, 0.29) is 18.7 Å². The first-order valence-electron chi connectivity index (χ1n) is 7.06. The molecule has 1 heterocycles. The summed E-state index contributed by atoms with van der Waals surface area (Å²) in [6.45, 7) is 2.61. The largest absolute Gasteiger partial charge is 0.465 e. The van der Waals surface area contributed by atoms with E-state index in [9.17, 15) is 9.59 Å². The van der Waals surface area contributed by atoms with E-state index in [2.05, 4.69) is 5.32 Å². The molecule has 2 amide bonds. The van der Waals surface area contributed by atoms with Crippen molar-refractivity contribution in [1.82, 2.24) is 10.2 Å². The van der Waals surface area contributed by atoms with Crippen molar-refractivity contribution in [2.45, 2.75) is 31.9 Å². The van der Waals surface area contributed by atoms with Crippen molar-refractivity contribution in [2.24, 2.45) is 0 Å². The van der Waals surface area contributed by atoms with Crippen LogP contribution < -0.4 is 5.32 Å². The van der Waals surface area contributed by atoms with Crippen LogP contribution in [0.3, 0.4) is 0 Å². The normalized spacial score (nSPS) is 19.7. The number of benzene rings is 1. The number of rotatable bonds is 3. The van der Waals surface area contributed by atoms with Crippen LogP contribution in [0, 0.1) is 0 Å². The Morgan fingerprint density at radius 1 is 1.38 bits per heavy atom. The lowest BCUT2D eigenvalue weighted by Gasteiger charge is -2.30. The molecule has 1 aromatic carbocycles. The molecule has 2 N–H and O–H groups in total. The molecule has 0 aromatic heterocycles. The average molecular weight is 292 g/mol. The van der Waals surface area contributed by atoms with E-state index in [0.717, 1.165) is 5.56 Å². The third-order valence-electron chi connectivity index (χ3n) is 3.56. The Kier molecular flexibility index (Phi) is 5.03. The van der Waals surface area contributed by atoms with Crippen molar-refractivity contribution < 1.29 is 19.4 Å². The fourth-order valence-corrected chi connectivity index (χ4v) is 2.40. The number of nitrogens with zero attached hydrogens (tertiary/aromatic N) is 1. The zero-order valence-electron chi connectivity index (χ0n) is 12.0. The van der Waals surface area contributed by atoms with Gasteiger partial charge in [-0.15, -0.1) is 0 Å². The van der Waals surface area contributed by atoms with Crippen LogP contribution in [0.15, 0.2) is 30.3 Å². The highest BCUT2D eigenvalue weighted by atomic mass is 16.6. The topological polar surface area (TPSA) is 78.9 Å². The Labute approximate surface area is 123 Å². The molecule has 0 saturated carbocycles. The molecule has 114 valence electrons. The van der Waals surface area contributed by atoms with Gasteiger partial charge in [0.15, 0.2) is 0 Å². The van der Waals surface area contributed by atoms with Crippen molar-refractivity contribution in [1.29, 1.82) is 0 Å². The molecule has 1 aromatic rings. The summed E-state index contributed by atoms with van der Waals surface area (Å²) in [5, 5.41) is 11.7. The van der Waals surface area contributed by atoms with Gasteiger partial charge in [0.1, 0.15) is 6.10 Å². The summed E-state index contributed by atoms with van der Waals surface area (Å²) in [6.07, 6.45) is -0.460. The third-order valence-corrected chi connectivity index (χ3v) is 3.56. The van der Waals surface area contributed by atoms with E-state index in [1.165, 1.54) is 4.90 Å². The summed E-state index contributed by atoms with van der Waals surface area (Å²) in [5.74, 6) is 0. The number of piperidine rings is 1. The SMILES string of the molecule is CC(NC(=O)OC1CCCN(C(=O)O)C1)c1ccccc1. The Bertz CT molecular complexity index is 492. The highest BCUT2D eigenvalue weighted by molar-refractivity contribution is 5.68. The van der Waals surface area contributed by atoms with E-state index >= 15 is 0 Å². The molecule has 6 heteroatoms. The van der Waals surface area contributed by atoms with Crippen molar-refractivity contribution in [3.05, 3.63) is 35.9 Å². The Morgan fingerprint density at radius 3 is 2.76 bits per heavy atom. The molecule has 1 saturated heterocycles. The van der Waals surface area contributed by atoms with Gasteiger partial charge in [-0.2, -0.15) is 0 Å². The van der Waals surface area contributed by atoms with Gasteiger partial charge < -0.3 is 20.1 Å². The molecule has 1 fully saturated rings. The molecular formula is C15H20N2O4. The van der Waals surface area contributed by atoms with E-state index in [0.29, 0.717) is 19.4 Å². The molecule has 2 rings (SSSR count). The van der Waals surface area contributed by atoms with Crippen LogP contribution in [0.4, 0.5) is 9.59 Å². The number of amides is 2. The van der Waals surface area contributed by atoms with Gasteiger partial charge in [-0.1, -0.05) is 30.3 Å². The van der Waals surface area contributed by atoms with Gasteiger partial charge >= 0.3 is 12.2 Å². The number of ether oxygens (including phenoxy) is 1. The predicted molar refractivity (Wildman–Crippen MR) is 77.1 cm³/mol. The first-order valence-corrected chi connectivity index (χ1v) is 7.06. The second-order valence-corrected chi connectivity index (χ2v) is 5.17. The number of carbonyl (C=O) groups excluding carboxylic acids is 1. The first kappa shape index (κ1) is 15.2. The Balaban J connectivity index is 1.83. The molecule has 1 aliphatic heterocycles. The van der Waals surface area contributed by atoms with Crippen LogP contribution in [0.5, 0.6) is 0 Å². The maximum absolute atomic E-state index is 11.9. The zero-order chi connectivity index (χ0) is 15.2. The number of hydrogen-bond acceptors (Lipinski definition) is 3. The molecular weight excluding hydrogens is 272 g/mol. The highest BCUT2D eigenvalue weighted by Gasteiger charge is 2.26. The van der Waals surface area contributed by atoms with Crippen molar-refractivity contribution >= 4 is 12.2 Å². The van der Waals surface area contributed by atoms with E-state index in [1.54, 1.807) is 0 Å². The zero-order valence-corrected chi connectivity index (χ0v) is 12.0. The Hall–Kier alpha value is -2.24. The quantitative estimate of drug-likeness (QED) is 0.897. The lowest BCUT2D eigenvalue weighted by molar-refractivity contribution is 0.0412. The molecule has 0 radical (unpaired) electrons. The van der Waals surface area contributed by atoms with Crippen LogP contribution in [0.2, 0.25) is 0 Å². The maximum Gasteiger partial charge on any atom is 0.407 e. The Morgan fingerprint density at radius 2 is 2.10 bits per heavy atom. The first-order chi connectivity index (χ1) is 10.1. The number of alkyl carbamates (subject to hydrolysis) is 1. The van der Waals surface area contributed by atoms with Crippen LogP contribution >= 0.6 is 0 Å². The molecule has 1 aliphatic rings. The van der Waals surface area contributed by atoms with Gasteiger partial charge in [0.05, 0.1) is 12.6 Å². The fraction of sp³-hybridized carbons (Fsp3) is 0.467. The molecule has 2 atom stereocenters. The van der Waals surface area contributed by atoms with E-state index < -0.39 is 12.2 Å². The number of hydrogen-bond donors (Lipinski definition) is 2. The molecule has 6 nitrogen and oxygen atoms in total. The van der Waals surface area contributed by atoms with Gasteiger partial charge in [0.25, 0.3) is 0 Å². The second-order valence-electron chi connectivity index (χ2n) is 5.17. The standard InChI is InChI=1S/C15H20N2O4/c1-11(12-6-3-2-4-7-12)16-14(18)21-13-8-5-9-17(10-13)15(19)20/h2-4,6-7,11,13H,5,8-10H2,1H3,(H,16,18)(H,19,20). The van der Waals surface area contributed by atoms with Gasteiger partial charge in [0, 0.05) is 6.54 Å². The lowest BCUT2D eigenvalue weighted by atomic mass is 10.1. The molecule has 0 bridgehead atoms. The summed E-state index contributed by atoms with van der Waals surface area (Å²) < 4.78 is 5.31. The smallest absolute Gasteiger partial charge is 0.407 e. The predicted octanol–water partition coefficient (Wildman–Crippen LogP) is 2.62. The van der Waals surface area contributed by atoms with Crippen LogP contribution in [-0.4, -0.2) is 41.4 Å². The monoisotopic (exact) mass is 292 g/mol.